The molecule has 0 aliphatic rings. The minimum atomic E-state index is -0.451. The van der Waals surface area contributed by atoms with Crippen molar-refractivity contribution in [2.75, 3.05) is 0 Å². The van der Waals surface area contributed by atoms with E-state index in [2.05, 4.69) is 15.9 Å². The molecule has 0 bridgehead atoms. The lowest BCUT2D eigenvalue weighted by Crippen LogP contribution is -2.23. The fraction of sp³-hybridized carbons (Fsp3) is 0.250. The van der Waals surface area contributed by atoms with Crippen molar-refractivity contribution in [2.45, 2.75) is 20.0 Å². The second kappa shape index (κ2) is 5.40. The van der Waals surface area contributed by atoms with Crippen molar-refractivity contribution in [1.29, 1.82) is 0 Å². The third kappa shape index (κ3) is 2.60. The molecule has 0 spiro atoms. The summed E-state index contributed by atoms with van der Waals surface area (Å²) in [7, 11) is 0. The number of rotatable bonds is 4. The molecule has 7 heteroatoms. The first kappa shape index (κ1) is 13.5. The predicted octanol–water partition coefficient (Wildman–Crippen LogP) is 2.39. The van der Waals surface area contributed by atoms with Gasteiger partial charge in [0.15, 0.2) is 0 Å². The van der Waals surface area contributed by atoms with Crippen molar-refractivity contribution in [2.24, 2.45) is 0 Å². The highest BCUT2D eigenvalue weighted by molar-refractivity contribution is 9.10. The summed E-state index contributed by atoms with van der Waals surface area (Å²) in [6.45, 7) is 2.78. The average Bonchev–Trinajstić information content (AvgIpc) is 2.72. The molecule has 19 heavy (non-hydrogen) atoms. The highest BCUT2D eigenvalue weighted by Crippen LogP contribution is 2.28. The molecular formula is C12H12BrN3O3. The van der Waals surface area contributed by atoms with Gasteiger partial charge in [-0.25, -0.2) is 4.79 Å². The molecule has 1 aromatic heterocycles. The molecule has 1 heterocycles. The summed E-state index contributed by atoms with van der Waals surface area (Å²) >= 11 is 3.22. The number of imidazole rings is 1. The van der Waals surface area contributed by atoms with E-state index in [0.717, 1.165) is 0 Å². The van der Waals surface area contributed by atoms with Gasteiger partial charge < -0.3 is 0 Å². The maximum atomic E-state index is 11.9. The van der Waals surface area contributed by atoms with E-state index in [1.165, 1.54) is 10.6 Å². The number of benzene rings is 1. The lowest BCUT2D eigenvalue weighted by atomic mass is 10.2. The summed E-state index contributed by atoms with van der Waals surface area (Å²) in [5.41, 5.74) is 0.575. The Morgan fingerprint density at radius 1 is 1.32 bits per heavy atom. The second-order valence-corrected chi connectivity index (χ2v) is 4.79. The lowest BCUT2D eigenvalue weighted by Gasteiger charge is -2.05. The topological polar surface area (TPSA) is 70.1 Å². The fourth-order valence-corrected chi connectivity index (χ4v) is 2.36. The van der Waals surface area contributed by atoms with Crippen LogP contribution in [-0.2, 0) is 13.1 Å². The molecule has 0 N–H and O–H groups in total. The molecule has 2 rings (SSSR count). The molecule has 6 nitrogen and oxygen atoms in total. The van der Waals surface area contributed by atoms with Gasteiger partial charge in [0, 0.05) is 25.0 Å². The Hall–Kier alpha value is -1.89. The Balaban J connectivity index is 2.38. The van der Waals surface area contributed by atoms with E-state index in [9.17, 15) is 14.9 Å². The molecule has 0 amide bonds. The Kier molecular flexibility index (Phi) is 3.84. The van der Waals surface area contributed by atoms with Crippen molar-refractivity contribution in [1.82, 2.24) is 9.13 Å². The Bertz CT molecular complexity index is 675. The van der Waals surface area contributed by atoms with Crippen LogP contribution >= 0.6 is 15.9 Å². The number of halogens is 1. The summed E-state index contributed by atoms with van der Waals surface area (Å²) < 4.78 is 3.51. The number of aromatic nitrogens is 2. The molecule has 0 saturated carbocycles. The zero-order valence-corrected chi connectivity index (χ0v) is 11.8. The first-order valence-electron chi connectivity index (χ1n) is 5.72. The van der Waals surface area contributed by atoms with Crippen LogP contribution in [0.2, 0.25) is 0 Å². The second-order valence-electron chi connectivity index (χ2n) is 4.00. The molecule has 0 fully saturated rings. The molecule has 0 unspecified atom stereocenters. The monoisotopic (exact) mass is 325 g/mol. The zero-order chi connectivity index (χ0) is 14.0. The van der Waals surface area contributed by atoms with E-state index in [4.69, 9.17) is 0 Å². The molecule has 0 aliphatic carbocycles. The summed E-state index contributed by atoms with van der Waals surface area (Å²) in [5, 5.41) is 10.8. The molecule has 1 aromatic carbocycles. The van der Waals surface area contributed by atoms with Gasteiger partial charge in [-0.2, -0.15) is 0 Å². The molecule has 0 saturated heterocycles. The molecule has 100 valence electrons. The molecule has 0 aliphatic heterocycles. The summed E-state index contributed by atoms with van der Waals surface area (Å²) in [6.07, 6.45) is 3.38. The number of nitrogens with zero attached hydrogens (tertiary/aromatic N) is 3. The lowest BCUT2D eigenvalue weighted by molar-refractivity contribution is -0.385. The number of nitro benzene ring substituents is 1. The van der Waals surface area contributed by atoms with Gasteiger partial charge in [0.2, 0.25) is 0 Å². The smallest absolute Gasteiger partial charge is 0.300 e. The van der Waals surface area contributed by atoms with Crippen LogP contribution in [0.5, 0.6) is 0 Å². The first-order chi connectivity index (χ1) is 9.04. The van der Waals surface area contributed by atoms with Crippen molar-refractivity contribution in [3.05, 3.63) is 61.2 Å². The van der Waals surface area contributed by atoms with Gasteiger partial charge in [0.05, 0.1) is 11.5 Å². The van der Waals surface area contributed by atoms with E-state index >= 15 is 0 Å². The van der Waals surface area contributed by atoms with E-state index < -0.39 is 4.92 Å². The third-order valence-electron chi connectivity index (χ3n) is 2.85. The first-order valence-corrected chi connectivity index (χ1v) is 6.51. The maximum absolute atomic E-state index is 11.9. The van der Waals surface area contributed by atoms with Gasteiger partial charge in [-0.1, -0.05) is 12.1 Å². The van der Waals surface area contributed by atoms with Gasteiger partial charge >= 0.3 is 5.69 Å². The van der Waals surface area contributed by atoms with Crippen molar-refractivity contribution >= 4 is 21.6 Å². The molecule has 2 aromatic rings. The van der Waals surface area contributed by atoms with E-state index in [-0.39, 0.29) is 11.4 Å². The van der Waals surface area contributed by atoms with Crippen LogP contribution in [0.4, 0.5) is 5.69 Å². The van der Waals surface area contributed by atoms with Gasteiger partial charge in [-0.05, 0) is 28.4 Å². The molecular weight excluding hydrogens is 314 g/mol. The molecule has 0 atom stereocenters. The Morgan fingerprint density at radius 2 is 2.00 bits per heavy atom. The predicted molar refractivity (Wildman–Crippen MR) is 74.3 cm³/mol. The van der Waals surface area contributed by atoms with Crippen molar-refractivity contribution < 1.29 is 4.92 Å². The van der Waals surface area contributed by atoms with E-state index in [0.29, 0.717) is 23.1 Å². The van der Waals surface area contributed by atoms with Crippen LogP contribution in [0.15, 0.2) is 39.9 Å². The van der Waals surface area contributed by atoms with Crippen LogP contribution in [0.3, 0.4) is 0 Å². The SMILES string of the molecule is CCn1ccn(Cc2cccc([N+](=O)[O-])c2Br)c1=O. The number of nitro groups is 1. The summed E-state index contributed by atoms with van der Waals surface area (Å²) in [5.74, 6) is 0. The maximum Gasteiger partial charge on any atom is 0.328 e. The summed E-state index contributed by atoms with van der Waals surface area (Å²) in [6, 6.07) is 4.79. The van der Waals surface area contributed by atoms with E-state index in [1.807, 2.05) is 6.92 Å². The number of hydrogen-bond acceptors (Lipinski definition) is 3. The normalized spacial score (nSPS) is 10.6. The van der Waals surface area contributed by atoms with Crippen LogP contribution in [-0.4, -0.2) is 14.1 Å². The van der Waals surface area contributed by atoms with Crippen LogP contribution in [0.1, 0.15) is 12.5 Å². The number of aryl methyl sites for hydroxylation is 1. The van der Waals surface area contributed by atoms with Gasteiger partial charge in [-0.3, -0.25) is 19.2 Å². The van der Waals surface area contributed by atoms with Crippen LogP contribution in [0.25, 0.3) is 0 Å². The Labute approximate surface area is 117 Å². The Morgan fingerprint density at radius 3 is 2.58 bits per heavy atom. The van der Waals surface area contributed by atoms with Crippen molar-refractivity contribution in [3.8, 4) is 0 Å². The van der Waals surface area contributed by atoms with Gasteiger partial charge in [-0.15, -0.1) is 0 Å². The quantitative estimate of drug-likeness (QED) is 0.640. The minimum absolute atomic E-state index is 0.000438. The minimum Gasteiger partial charge on any atom is -0.300 e. The van der Waals surface area contributed by atoms with Crippen molar-refractivity contribution in [3.63, 3.8) is 0 Å². The number of hydrogen-bond donors (Lipinski definition) is 0. The largest absolute Gasteiger partial charge is 0.328 e. The highest BCUT2D eigenvalue weighted by Gasteiger charge is 2.15. The van der Waals surface area contributed by atoms with E-state index in [1.54, 1.807) is 29.1 Å². The fourth-order valence-electron chi connectivity index (χ4n) is 1.83. The standard InChI is InChI=1S/C12H12BrN3O3/c1-2-14-6-7-15(12(14)17)8-9-4-3-5-10(11(9)13)16(18)19/h3-7H,2,8H2,1H3. The highest BCUT2D eigenvalue weighted by atomic mass is 79.9. The van der Waals surface area contributed by atoms with Gasteiger partial charge in [0.1, 0.15) is 4.47 Å². The van der Waals surface area contributed by atoms with Crippen LogP contribution in [0, 0.1) is 10.1 Å². The van der Waals surface area contributed by atoms with Gasteiger partial charge in [0.25, 0.3) is 5.69 Å². The molecule has 0 radical (unpaired) electrons. The average molecular weight is 326 g/mol. The summed E-state index contributed by atoms with van der Waals surface area (Å²) in [4.78, 5) is 22.3. The van der Waals surface area contributed by atoms with Crippen LogP contribution < -0.4 is 5.69 Å². The zero-order valence-electron chi connectivity index (χ0n) is 10.2. The third-order valence-corrected chi connectivity index (χ3v) is 3.77.